The van der Waals surface area contributed by atoms with Gasteiger partial charge in [0.05, 0.1) is 18.4 Å². The summed E-state index contributed by atoms with van der Waals surface area (Å²) in [6.45, 7) is 0.355. The third kappa shape index (κ3) is 4.96. The summed E-state index contributed by atoms with van der Waals surface area (Å²) < 4.78 is 29.8. The van der Waals surface area contributed by atoms with Crippen molar-refractivity contribution in [2.45, 2.75) is 13.0 Å². The molecule has 0 saturated carbocycles. The van der Waals surface area contributed by atoms with Gasteiger partial charge in [-0.05, 0) is 34.9 Å². The van der Waals surface area contributed by atoms with Gasteiger partial charge in [-0.15, -0.1) is 0 Å². The molecule has 8 heteroatoms. The van der Waals surface area contributed by atoms with Crippen LogP contribution in [0.4, 0.5) is 20.3 Å². The Morgan fingerprint density at radius 1 is 1.03 bits per heavy atom. The Morgan fingerprint density at radius 2 is 1.77 bits per heavy atom. The predicted octanol–water partition coefficient (Wildman–Crippen LogP) is 4.35. The quantitative estimate of drug-likeness (QED) is 0.565. The lowest BCUT2D eigenvalue weighted by molar-refractivity contribution is -0.126. The number of halogens is 2. The molecule has 0 spiro atoms. The van der Waals surface area contributed by atoms with Crippen molar-refractivity contribution >= 4 is 23.4 Å². The number of nitrogens with zero attached hydrogens (tertiary/aromatic N) is 1. The van der Waals surface area contributed by atoms with Crippen LogP contribution in [0.3, 0.4) is 0 Å². The molecular formula is C22H19F2N3O3. The molecule has 154 valence electrons. The molecule has 3 rings (SSSR count). The van der Waals surface area contributed by atoms with Gasteiger partial charge in [-0.2, -0.15) is 8.78 Å². The molecular weight excluding hydrogens is 392 g/mol. The number of carbonyl (C=O) groups excluding carboxylic acids is 2. The normalized spacial score (nSPS) is 10.5. The van der Waals surface area contributed by atoms with Crippen molar-refractivity contribution in [2.24, 2.45) is 0 Å². The molecule has 1 amide bonds. The van der Waals surface area contributed by atoms with Gasteiger partial charge in [-0.1, -0.05) is 42.5 Å². The Balaban J connectivity index is 1.73. The van der Waals surface area contributed by atoms with Gasteiger partial charge in [0.2, 0.25) is 0 Å². The Bertz CT molecular complexity index is 1040. The van der Waals surface area contributed by atoms with Gasteiger partial charge in [0, 0.05) is 12.7 Å². The second-order valence-corrected chi connectivity index (χ2v) is 6.28. The average molecular weight is 411 g/mol. The maximum atomic E-state index is 12.5. The topological polar surface area (TPSA) is 80.3 Å². The summed E-state index contributed by atoms with van der Waals surface area (Å²) in [5.41, 5.74) is 3.14. The van der Waals surface area contributed by atoms with Gasteiger partial charge < -0.3 is 15.4 Å². The van der Waals surface area contributed by atoms with Crippen LogP contribution in [0.25, 0.3) is 11.1 Å². The number of rotatable bonds is 7. The number of aromatic nitrogens is 1. The molecule has 3 aromatic rings. The highest BCUT2D eigenvalue weighted by Crippen LogP contribution is 2.25. The molecule has 0 saturated heterocycles. The van der Waals surface area contributed by atoms with E-state index in [0.29, 0.717) is 12.1 Å². The number of anilines is 2. The van der Waals surface area contributed by atoms with Crippen LogP contribution in [0.1, 0.15) is 15.9 Å². The number of carbonyl (C=O) groups is 2. The van der Waals surface area contributed by atoms with Crippen molar-refractivity contribution in [3.63, 3.8) is 0 Å². The molecule has 30 heavy (non-hydrogen) atoms. The maximum absolute atomic E-state index is 12.5. The van der Waals surface area contributed by atoms with Crippen LogP contribution in [0, 0.1) is 0 Å². The fraction of sp³-hybridized carbons (Fsp3) is 0.136. The van der Waals surface area contributed by atoms with Gasteiger partial charge in [-0.3, -0.25) is 4.79 Å². The first kappa shape index (κ1) is 20.9. The maximum Gasteiger partial charge on any atom is 0.338 e. The number of hydrogen-bond donors (Lipinski definition) is 2. The van der Waals surface area contributed by atoms with Crippen LogP contribution in [0.5, 0.6) is 0 Å². The molecule has 0 atom stereocenters. The Morgan fingerprint density at radius 3 is 2.47 bits per heavy atom. The standard InChI is InChI=1S/C22H19F2N3O3/c1-30-22(29)17-6-3-2-5-16(17)15-10-8-14(9-11-15)13-26-20-18(7-4-12-25-20)27-21(28)19(23)24/h2-12,19H,13H2,1H3,(H,25,26)(H,27,28). The molecule has 6 nitrogen and oxygen atoms in total. The number of nitrogens with one attached hydrogen (secondary N) is 2. The number of esters is 1. The van der Waals surface area contributed by atoms with Crippen molar-refractivity contribution in [3.8, 4) is 11.1 Å². The number of benzene rings is 2. The summed E-state index contributed by atoms with van der Waals surface area (Å²) in [6, 6.07) is 17.7. The highest BCUT2D eigenvalue weighted by atomic mass is 19.3. The summed E-state index contributed by atoms with van der Waals surface area (Å²) in [7, 11) is 1.34. The van der Waals surface area contributed by atoms with Crippen LogP contribution in [-0.2, 0) is 16.1 Å². The number of amides is 1. The Kier molecular flexibility index (Phi) is 6.69. The number of ether oxygens (including phenoxy) is 1. The van der Waals surface area contributed by atoms with Crippen LogP contribution >= 0.6 is 0 Å². The SMILES string of the molecule is COC(=O)c1ccccc1-c1ccc(CNc2ncccc2NC(=O)C(F)F)cc1. The van der Waals surface area contributed by atoms with E-state index < -0.39 is 18.3 Å². The minimum atomic E-state index is -3.11. The van der Waals surface area contributed by atoms with Crippen LogP contribution < -0.4 is 10.6 Å². The molecule has 2 N–H and O–H groups in total. The zero-order chi connectivity index (χ0) is 21.5. The van der Waals surface area contributed by atoms with Gasteiger partial charge in [-0.25, -0.2) is 9.78 Å². The summed E-state index contributed by atoms with van der Waals surface area (Å²) in [4.78, 5) is 27.3. The second kappa shape index (κ2) is 9.60. The third-order valence-electron chi connectivity index (χ3n) is 4.32. The van der Waals surface area contributed by atoms with Crippen molar-refractivity contribution in [2.75, 3.05) is 17.7 Å². The van der Waals surface area contributed by atoms with E-state index in [1.165, 1.54) is 19.4 Å². The van der Waals surface area contributed by atoms with Crippen LogP contribution in [0.2, 0.25) is 0 Å². The van der Waals surface area contributed by atoms with Crippen molar-refractivity contribution < 1.29 is 23.1 Å². The molecule has 0 aliphatic rings. The highest BCUT2D eigenvalue weighted by Gasteiger charge is 2.17. The first-order chi connectivity index (χ1) is 14.5. The molecule has 0 aliphatic heterocycles. The average Bonchev–Trinajstić information content (AvgIpc) is 2.78. The first-order valence-corrected chi connectivity index (χ1v) is 9.04. The van der Waals surface area contributed by atoms with E-state index in [4.69, 9.17) is 4.74 Å². The molecule has 1 aromatic heterocycles. The number of alkyl halides is 2. The third-order valence-corrected chi connectivity index (χ3v) is 4.32. The zero-order valence-electron chi connectivity index (χ0n) is 16.1. The molecule has 2 aromatic carbocycles. The Hall–Kier alpha value is -3.81. The van der Waals surface area contributed by atoms with Crippen molar-refractivity contribution in [3.05, 3.63) is 78.0 Å². The monoisotopic (exact) mass is 411 g/mol. The highest BCUT2D eigenvalue weighted by molar-refractivity contribution is 5.97. The Labute approximate surface area is 171 Å². The lowest BCUT2D eigenvalue weighted by Gasteiger charge is -2.12. The summed E-state index contributed by atoms with van der Waals surface area (Å²) in [5.74, 6) is -1.52. The number of pyridine rings is 1. The lowest BCUT2D eigenvalue weighted by atomic mass is 9.99. The van der Waals surface area contributed by atoms with E-state index in [0.717, 1.165) is 16.7 Å². The molecule has 0 bridgehead atoms. The van der Waals surface area contributed by atoms with E-state index in [9.17, 15) is 18.4 Å². The predicted molar refractivity (Wildman–Crippen MR) is 109 cm³/mol. The minimum Gasteiger partial charge on any atom is -0.465 e. The van der Waals surface area contributed by atoms with Gasteiger partial charge in [0.25, 0.3) is 5.91 Å². The molecule has 1 heterocycles. The summed E-state index contributed by atoms with van der Waals surface area (Å²) in [5, 5.41) is 5.17. The zero-order valence-corrected chi connectivity index (χ0v) is 16.1. The smallest absolute Gasteiger partial charge is 0.338 e. The summed E-state index contributed by atoms with van der Waals surface area (Å²) in [6.07, 6.45) is -1.62. The van der Waals surface area contributed by atoms with E-state index >= 15 is 0 Å². The fourth-order valence-electron chi connectivity index (χ4n) is 2.85. The first-order valence-electron chi connectivity index (χ1n) is 9.04. The lowest BCUT2D eigenvalue weighted by Crippen LogP contribution is -2.21. The minimum absolute atomic E-state index is 0.173. The largest absolute Gasteiger partial charge is 0.465 e. The molecule has 0 radical (unpaired) electrons. The second-order valence-electron chi connectivity index (χ2n) is 6.28. The van der Waals surface area contributed by atoms with E-state index in [-0.39, 0.29) is 11.5 Å². The van der Waals surface area contributed by atoms with Gasteiger partial charge >= 0.3 is 12.4 Å². The van der Waals surface area contributed by atoms with Gasteiger partial charge in [0.15, 0.2) is 0 Å². The molecule has 0 aliphatic carbocycles. The summed E-state index contributed by atoms with van der Waals surface area (Å²) >= 11 is 0. The van der Waals surface area contributed by atoms with Crippen LogP contribution in [0.15, 0.2) is 66.9 Å². The van der Waals surface area contributed by atoms with Gasteiger partial charge in [0.1, 0.15) is 5.82 Å². The number of methoxy groups -OCH3 is 1. The van der Waals surface area contributed by atoms with E-state index in [1.54, 1.807) is 18.2 Å². The fourth-order valence-corrected chi connectivity index (χ4v) is 2.85. The molecule has 0 unspecified atom stereocenters. The number of hydrogen-bond acceptors (Lipinski definition) is 5. The van der Waals surface area contributed by atoms with E-state index in [1.807, 2.05) is 36.4 Å². The van der Waals surface area contributed by atoms with Crippen molar-refractivity contribution in [1.82, 2.24) is 4.98 Å². The van der Waals surface area contributed by atoms with E-state index in [2.05, 4.69) is 15.6 Å². The molecule has 0 fully saturated rings. The van der Waals surface area contributed by atoms with Crippen LogP contribution in [-0.4, -0.2) is 30.4 Å². The van der Waals surface area contributed by atoms with Crippen molar-refractivity contribution in [1.29, 1.82) is 0 Å².